The summed E-state index contributed by atoms with van der Waals surface area (Å²) in [5.74, 6) is 1.00. The molecule has 0 spiro atoms. The molecule has 0 amide bonds. The van der Waals surface area contributed by atoms with E-state index in [1.165, 1.54) is 0 Å². The topological polar surface area (TPSA) is 41.6 Å². The molecule has 0 unspecified atom stereocenters. The number of nitrogens with one attached hydrogen (secondary N) is 1. The number of Topliss-reactive ketones (excluding diaryl/α,β-unsaturated/α-hetero) is 1. The Balaban J connectivity index is 2.17. The average molecular weight is 276 g/mol. The quantitative estimate of drug-likeness (QED) is 0.836. The Morgan fingerprint density at radius 1 is 1.35 bits per heavy atom. The first-order chi connectivity index (χ1) is 9.70. The molecule has 1 saturated heterocycles. The van der Waals surface area contributed by atoms with Crippen molar-refractivity contribution in [2.45, 2.75) is 26.8 Å². The minimum Gasteiger partial charge on any atom is -0.494 e. The highest BCUT2D eigenvalue weighted by atomic mass is 16.5. The molecule has 4 heteroatoms. The Hall–Kier alpha value is -1.39. The maximum absolute atomic E-state index is 11.5. The van der Waals surface area contributed by atoms with Crippen LogP contribution >= 0.6 is 0 Å². The van der Waals surface area contributed by atoms with Crippen LogP contribution < -0.4 is 10.1 Å². The fourth-order valence-corrected chi connectivity index (χ4v) is 2.52. The molecule has 1 aromatic carbocycles. The minimum atomic E-state index is 0.104. The van der Waals surface area contributed by atoms with Crippen LogP contribution in [-0.2, 0) is 6.54 Å². The van der Waals surface area contributed by atoms with E-state index in [-0.39, 0.29) is 5.78 Å². The number of nitrogens with zero attached hydrogens (tertiary/aromatic N) is 1. The van der Waals surface area contributed by atoms with E-state index in [1.807, 2.05) is 25.1 Å². The van der Waals surface area contributed by atoms with Crippen LogP contribution in [0.1, 0.15) is 36.2 Å². The monoisotopic (exact) mass is 276 g/mol. The van der Waals surface area contributed by atoms with Gasteiger partial charge in [0.05, 0.1) is 6.61 Å². The summed E-state index contributed by atoms with van der Waals surface area (Å²) >= 11 is 0. The molecule has 2 rings (SSSR count). The molecule has 110 valence electrons. The molecule has 1 fully saturated rings. The van der Waals surface area contributed by atoms with Gasteiger partial charge < -0.3 is 10.1 Å². The maximum Gasteiger partial charge on any atom is 0.159 e. The third-order valence-electron chi connectivity index (χ3n) is 3.59. The standard InChI is InChI=1S/C16H24N2O2/c1-3-20-16-6-5-14(13(2)19)11-15(16)12-18-9-4-7-17-8-10-18/h5-6,11,17H,3-4,7-10,12H2,1-2H3. The third kappa shape index (κ3) is 4.05. The minimum absolute atomic E-state index is 0.104. The second-order valence-electron chi connectivity index (χ2n) is 5.19. The van der Waals surface area contributed by atoms with Crippen molar-refractivity contribution in [1.82, 2.24) is 10.2 Å². The van der Waals surface area contributed by atoms with Gasteiger partial charge in [-0.1, -0.05) is 0 Å². The highest BCUT2D eigenvalue weighted by molar-refractivity contribution is 5.94. The van der Waals surface area contributed by atoms with Gasteiger partial charge in [-0.25, -0.2) is 0 Å². The smallest absolute Gasteiger partial charge is 0.159 e. The van der Waals surface area contributed by atoms with E-state index in [4.69, 9.17) is 4.74 Å². The number of rotatable bonds is 5. The number of hydrogen-bond donors (Lipinski definition) is 1. The Kier molecular flexibility index (Phi) is 5.56. The zero-order valence-electron chi connectivity index (χ0n) is 12.4. The Morgan fingerprint density at radius 3 is 2.95 bits per heavy atom. The van der Waals surface area contributed by atoms with Gasteiger partial charge in [-0.3, -0.25) is 9.69 Å². The first-order valence-corrected chi connectivity index (χ1v) is 7.40. The number of carbonyl (C=O) groups is 1. The summed E-state index contributed by atoms with van der Waals surface area (Å²) in [4.78, 5) is 14.0. The van der Waals surface area contributed by atoms with Crippen LogP contribution in [0.5, 0.6) is 5.75 Å². The van der Waals surface area contributed by atoms with Crippen LogP contribution in [0.3, 0.4) is 0 Å². The average Bonchev–Trinajstić information content (AvgIpc) is 2.69. The van der Waals surface area contributed by atoms with Crippen LogP contribution in [0.15, 0.2) is 18.2 Å². The van der Waals surface area contributed by atoms with Gasteiger partial charge in [-0.15, -0.1) is 0 Å². The van der Waals surface area contributed by atoms with Gasteiger partial charge in [-0.2, -0.15) is 0 Å². The van der Waals surface area contributed by atoms with E-state index in [0.717, 1.165) is 56.0 Å². The van der Waals surface area contributed by atoms with Crippen molar-refractivity contribution < 1.29 is 9.53 Å². The molecule has 20 heavy (non-hydrogen) atoms. The van der Waals surface area contributed by atoms with Gasteiger partial charge >= 0.3 is 0 Å². The van der Waals surface area contributed by atoms with Crippen molar-refractivity contribution >= 4 is 5.78 Å². The molecule has 1 aliphatic heterocycles. The predicted octanol–water partition coefficient (Wildman–Crippen LogP) is 2.08. The summed E-state index contributed by atoms with van der Waals surface area (Å²) in [6.07, 6.45) is 1.16. The van der Waals surface area contributed by atoms with E-state index in [2.05, 4.69) is 10.2 Å². The second kappa shape index (κ2) is 7.41. The summed E-state index contributed by atoms with van der Waals surface area (Å²) in [6, 6.07) is 5.75. The molecule has 0 atom stereocenters. The van der Waals surface area contributed by atoms with Crippen LogP contribution in [0.2, 0.25) is 0 Å². The fourth-order valence-electron chi connectivity index (χ4n) is 2.52. The zero-order chi connectivity index (χ0) is 14.4. The van der Waals surface area contributed by atoms with Crippen LogP contribution in [0.25, 0.3) is 0 Å². The zero-order valence-corrected chi connectivity index (χ0v) is 12.4. The van der Waals surface area contributed by atoms with Gasteiger partial charge in [0, 0.05) is 30.8 Å². The Bertz CT molecular complexity index is 452. The van der Waals surface area contributed by atoms with Gasteiger partial charge in [0.2, 0.25) is 0 Å². The summed E-state index contributed by atoms with van der Waals surface area (Å²) in [6.45, 7) is 9.32. The highest BCUT2D eigenvalue weighted by Crippen LogP contribution is 2.22. The molecule has 0 aliphatic carbocycles. The van der Waals surface area contributed by atoms with Gasteiger partial charge in [-0.05, 0) is 51.6 Å². The number of ketones is 1. The molecular formula is C16H24N2O2. The Labute approximate surface area is 121 Å². The summed E-state index contributed by atoms with van der Waals surface area (Å²) in [5, 5.41) is 3.41. The fraction of sp³-hybridized carbons (Fsp3) is 0.562. The number of ether oxygens (including phenoxy) is 1. The molecule has 0 saturated carbocycles. The van der Waals surface area contributed by atoms with Crippen molar-refractivity contribution in [3.63, 3.8) is 0 Å². The first-order valence-electron chi connectivity index (χ1n) is 7.40. The lowest BCUT2D eigenvalue weighted by molar-refractivity contribution is 0.101. The van der Waals surface area contributed by atoms with Gasteiger partial charge in [0.1, 0.15) is 5.75 Å². The van der Waals surface area contributed by atoms with Crippen molar-refractivity contribution in [2.24, 2.45) is 0 Å². The molecule has 0 bridgehead atoms. The molecule has 0 aromatic heterocycles. The first kappa shape index (κ1) is 15.0. The van der Waals surface area contributed by atoms with Gasteiger partial charge in [0.25, 0.3) is 0 Å². The normalized spacial score (nSPS) is 16.7. The van der Waals surface area contributed by atoms with Crippen LogP contribution in [0, 0.1) is 0 Å². The number of benzene rings is 1. The van der Waals surface area contributed by atoms with Crippen molar-refractivity contribution in [3.8, 4) is 5.75 Å². The van der Waals surface area contributed by atoms with Crippen molar-refractivity contribution in [1.29, 1.82) is 0 Å². The predicted molar refractivity (Wildman–Crippen MR) is 80.4 cm³/mol. The third-order valence-corrected chi connectivity index (χ3v) is 3.59. The molecule has 1 aliphatic rings. The Morgan fingerprint density at radius 2 is 2.20 bits per heavy atom. The molecule has 1 heterocycles. The van der Waals surface area contributed by atoms with Crippen LogP contribution in [-0.4, -0.2) is 43.5 Å². The summed E-state index contributed by atoms with van der Waals surface area (Å²) in [5.41, 5.74) is 1.87. The molecule has 1 aromatic rings. The van der Waals surface area contributed by atoms with Crippen LogP contribution in [0.4, 0.5) is 0 Å². The lowest BCUT2D eigenvalue weighted by atomic mass is 10.1. The second-order valence-corrected chi connectivity index (χ2v) is 5.19. The lowest BCUT2D eigenvalue weighted by Gasteiger charge is -2.21. The summed E-state index contributed by atoms with van der Waals surface area (Å²) in [7, 11) is 0. The molecular weight excluding hydrogens is 252 g/mol. The van der Waals surface area contributed by atoms with Crippen molar-refractivity contribution in [3.05, 3.63) is 29.3 Å². The van der Waals surface area contributed by atoms with E-state index in [9.17, 15) is 4.79 Å². The van der Waals surface area contributed by atoms with E-state index >= 15 is 0 Å². The molecule has 4 nitrogen and oxygen atoms in total. The molecule has 1 N–H and O–H groups in total. The number of carbonyl (C=O) groups excluding carboxylic acids is 1. The van der Waals surface area contributed by atoms with Gasteiger partial charge in [0.15, 0.2) is 5.78 Å². The SMILES string of the molecule is CCOc1ccc(C(C)=O)cc1CN1CCCNCC1. The van der Waals surface area contributed by atoms with Crippen molar-refractivity contribution in [2.75, 3.05) is 32.8 Å². The number of hydrogen-bond acceptors (Lipinski definition) is 4. The largest absolute Gasteiger partial charge is 0.494 e. The van der Waals surface area contributed by atoms with E-state index in [1.54, 1.807) is 6.92 Å². The molecule has 0 radical (unpaired) electrons. The lowest BCUT2D eigenvalue weighted by Crippen LogP contribution is -2.28. The van der Waals surface area contributed by atoms with E-state index in [0.29, 0.717) is 6.61 Å². The van der Waals surface area contributed by atoms with E-state index < -0.39 is 0 Å². The maximum atomic E-state index is 11.5. The highest BCUT2D eigenvalue weighted by Gasteiger charge is 2.13. The summed E-state index contributed by atoms with van der Waals surface area (Å²) < 4.78 is 5.69.